The fraction of sp³-hybridized carbons (Fsp3) is 1.00. The van der Waals surface area contributed by atoms with Crippen LogP contribution in [0.15, 0.2) is 0 Å². The lowest BCUT2D eigenvalue weighted by Crippen LogP contribution is -1.79. The minimum Gasteiger partial charge on any atom is -0.194 e. The molecule has 1 nitrogen and oxygen atoms in total. The molecule has 0 amide bonds. The van der Waals surface area contributed by atoms with Gasteiger partial charge in [0, 0.05) is 0 Å². The van der Waals surface area contributed by atoms with Crippen LogP contribution in [0.2, 0.25) is 0 Å². The zero-order chi connectivity index (χ0) is 4.83. The highest BCUT2D eigenvalue weighted by Gasteiger charge is 1.78. The van der Waals surface area contributed by atoms with Crippen LogP contribution in [0.5, 0.6) is 0 Å². The molecular weight excluding hydrogens is 83.0 g/mol. The van der Waals surface area contributed by atoms with Crippen LogP contribution in [0.1, 0.15) is 19.8 Å². The summed E-state index contributed by atoms with van der Waals surface area (Å²) in [6.07, 6.45) is 1.81. The number of hydrogen-bond acceptors (Lipinski definition) is 1. The van der Waals surface area contributed by atoms with Gasteiger partial charge in [-0.1, -0.05) is 13.3 Å². The molecule has 0 saturated heterocycles. The Bertz CT molecular complexity index is 19.5. The minimum absolute atomic E-state index is 0.247. The highest BCUT2D eigenvalue weighted by Crippen LogP contribution is 1.85. The number of unbranched alkanes of at least 4 members (excludes halogenated alkanes) is 1. The van der Waals surface area contributed by atoms with E-state index in [2.05, 4.69) is 4.94 Å². The molecule has 0 aromatic rings. The van der Waals surface area contributed by atoms with Crippen molar-refractivity contribution in [1.82, 2.24) is 0 Å². The Morgan fingerprint density at radius 3 is 2.50 bits per heavy atom. The molecular formula is C4H9FO. The largest absolute Gasteiger partial charge is 0.194 e. The summed E-state index contributed by atoms with van der Waals surface area (Å²) in [6, 6.07) is 0. The van der Waals surface area contributed by atoms with Gasteiger partial charge in [0.05, 0.1) is 6.61 Å². The highest BCUT2D eigenvalue weighted by atomic mass is 19.3. The van der Waals surface area contributed by atoms with Crippen LogP contribution in [0.3, 0.4) is 0 Å². The second-order valence-electron chi connectivity index (χ2n) is 1.17. The second kappa shape index (κ2) is 4.89. The predicted molar refractivity (Wildman–Crippen MR) is 22.0 cm³/mol. The summed E-state index contributed by atoms with van der Waals surface area (Å²) in [4.78, 5) is 3.28. The fourth-order valence-electron chi connectivity index (χ4n) is 0.199. The van der Waals surface area contributed by atoms with E-state index in [0.717, 1.165) is 12.8 Å². The first-order valence-electron chi connectivity index (χ1n) is 2.15. The molecule has 0 heterocycles. The maximum absolute atomic E-state index is 10.7. The van der Waals surface area contributed by atoms with Crippen LogP contribution < -0.4 is 0 Å². The second-order valence-corrected chi connectivity index (χ2v) is 1.17. The van der Waals surface area contributed by atoms with Crippen LogP contribution >= 0.6 is 0 Å². The maximum Gasteiger partial charge on any atom is 0.0876 e. The summed E-state index contributed by atoms with van der Waals surface area (Å²) < 4.78 is 10.7. The lowest BCUT2D eigenvalue weighted by Gasteiger charge is -1.84. The van der Waals surface area contributed by atoms with E-state index in [1.54, 1.807) is 0 Å². The number of rotatable bonds is 3. The molecule has 0 aromatic heterocycles. The van der Waals surface area contributed by atoms with E-state index < -0.39 is 0 Å². The summed E-state index contributed by atoms with van der Waals surface area (Å²) in [7, 11) is 0. The summed E-state index contributed by atoms with van der Waals surface area (Å²) in [6.45, 7) is 2.23. The Kier molecular flexibility index (Phi) is 4.80. The van der Waals surface area contributed by atoms with Crippen molar-refractivity contribution >= 4 is 0 Å². The van der Waals surface area contributed by atoms with Gasteiger partial charge in [-0.3, -0.25) is 0 Å². The van der Waals surface area contributed by atoms with E-state index in [0.29, 0.717) is 0 Å². The molecule has 0 aromatic carbocycles. The predicted octanol–water partition coefficient (Wildman–Crippen LogP) is 1.69. The van der Waals surface area contributed by atoms with Gasteiger partial charge < -0.3 is 0 Å². The standard InChI is InChI=1S/C4H9FO/c1-2-3-4-6-5/h2-4H2,1H3. The third-order valence-electron chi connectivity index (χ3n) is 0.575. The lowest BCUT2D eigenvalue weighted by atomic mass is 10.4. The van der Waals surface area contributed by atoms with Crippen molar-refractivity contribution in [3.63, 3.8) is 0 Å². The third kappa shape index (κ3) is 3.89. The van der Waals surface area contributed by atoms with Gasteiger partial charge in [0.25, 0.3) is 0 Å². The molecule has 0 bridgehead atoms. The Hall–Kier alpha value is -0.110. The van der Waals surface area contributed by atoms with Crippen LogP contribution in [0.4, 0.5) is 4.53 Å². The first-order valence-corrected chi connectivity index (χ1v) is 2.15. The van der Waals surface area contributed by atoms with Crippen LogP contribution in [0.25, 0.3) is 0 Å². The summed E-state index contributed by atoms with van der Waals surface area (Å²) in [5.41, 5.74) is 0. The maximum atomic E-state index is 10.7. The Balaban J connectivity index is 2.34. The van der Waals surface area contributed by atoms with Crippen molar-refractivity contribution in [2.24, 2.45) is 0 Å². The van der Waals surface area contributed by atoms with Gasteiger partial charge in [0.2, 0.25) is 0 Å². The summed E-state index contributed by atoms with van der Waals surface area (Å²) in [5, 5.41) is 0. The molecule has 38 valence electrons. The van der Waals surface area contributed by atoms with E-state index >= 15 is 0 Å². The normalized spacial score (nSPS) is 9.00. The molecule has 0 radical (unpaired) electrons. The Labute approximate surface area is 37.0 Å². The smallest absolute Gasteiger partial charge is 0.0876 e. The molecule has 0 spiro atoms. The van der Waals surface area contributed by atoms with E-state index in [4.69, 9.17) is 0 Å². The zero-order valence-electron chi connectivity index (χ0n) is 3.91. The highest BCUT2D eigenvalue weighted by molar-refractivity contribution is 4.24. The van der Waals surface area contributed by atoms with Gasteiger partial charge >= 0.3 is 0 Å². The molecule has 0 atom stereocenters. The first-order chi connectivity index (χ1) is 2.91. The fourth-order valence-corrected chi connectivity index (χ4v) is 0.199. The van der Waals surface area contributed by atoms with Crippen molar-refractivity contribution in [3.05, 3.63) is 0 Å². The van der Waals surface area contributed by atoms with E-state index in [1.807, 2.05) is 6.92 Å². The van der Waals surface area contributed by atoms with Crippen molar-refractivity contribution < 1.29 is 9.47 Å². The Morgan fingerprint density at radius 1 is 1.67 bits per heavy atom. The monoisotopic (exact) mass is 92.1 g/mol. The topological polar surface area (TPSA) is 9.23 Å². The van der Waals surface area contributed by atoms with E-state index in [-0.39, 0.29) is 6.61 Å². The van der Waals surface area contributed by atoms with Gasteiger partial charge in [0.15, 0.2) is 0 Å². The third-order valence-corrected chi connectivity index (χ3v) is 0.575. The molecule has 2 heteroatoms. The van der Waals surface area contributed by atoms with Crippen molar-refractivity contribution in [2.45, 2.75) is 19.8 Å². The average Bonchev–Trinajstić information content (AvgIpc) is 1.61. The van der Waals surface area contributed by atoms with Crippen LogP contribution in [0, 0.1) is 0 Å². The van der Waals surface area contributed by atoms with Crippen LogP contribution in [-0.2, 0) is 4.94 Å². The molecule has 0 aliphatic heterocycles. The van der Waals surface area contributed by atoms with E-state index in [1.165, 1.54) is 0 Å². The van der Waals surface area contributed by atoms with Gasteiger partial charge in [-0.25, -0.2) is 0 Å². The van der Waals surface area contributed by atoms with Crippen molar-refractivity contribution in [3.8, 4) is 0 Å². The SMILES string of the molecule is CCCCOF. The van der Waals surface area contributed by atoms with E-state index in [9.17, 15) is 4.53 Å². The molecule has 0 saturated carbocycles. The van der Waals surface area contributed by atoms with Gasteiger partial charge in [-0.05, 0) is 10.9 Å². The number of halogens is 1. The van der Waals surface area contributed by atoms with Crippen LogP contribution in [-0.4, -0.2) is 6.61 Å². The lowest BCUT2D eigenvalue weighted by molar-refractivity contribution is -0.132. The molecule has 0 fully saturated rings. The van der Waals surface area contributed by atoms with Gasteiger partial charge in [-0.15, -0.1) is 0 Å². The molecule has 0 aliphatic rings. The van der Waals surface area contributed by atoms with Crippen molar-refractivity contribution in [2.75, 3.05) is 6.61 Å². The van der Waals surface area contributed by atoms with Gasteiger partial charge in [-0.2, -0.15) is 4.94 Å². The van der Waals surface area contributed by atoms with Crippen molar-refractivity contribution in [1.29, 1.82) is 0 Å². The molecule has 6 heavy (non-hydrogen) atoms. The summed E-state index contributed by atoms with van der Waals surface area (Å²) in [5.74, 6) is 0. The molecule has 0 rings (SSSR count). The molecule has 0 N–H and O–H groups in total. The first kappa shape index (κ1) is 5.89. The molecule has 0 unspecified atom stereocenters. The van der Waals surface area contributed by atoms with Gasteiger partial charge in [0.1, 0.15) is 0 Å². The summed E-state index contributed by atoms with van der Waals surface area (Å²) >= 11 is 0. The molecule has 0 aliphatic carbocycles. The Morgan fingerprint density at radius 2 is 2.33 bits per heavy atom. The average molecular weight is 92.1 g/mol. The number of hydrogen-bond donors (Lipinski definition) is 0. The zero-order valence-corrected chi connectivity index (χ0v) is 3.91. The quantitative estimate of drug-likeness (QED) is 0.481. The minimum atomic E-state index is 0.247.